The highest BCUT2D eigenvalue weighted by molar-refractivity contribution is 6.21. The van der Waals surface area contributed by atoms with Gasteiger partial charge in [-0.25, -0.2) is 9.58 Å². The van der Waals surface area contributed by atoms with Gasteiger partial charge in [0.25, 0.3) is 5.95 Å². The lowest BCUT2D eigenvalue weighted by Crippen LogP contribution is -2.32. The number of hydrogen-bond acceptors (Lipinski definition) is 5. The van der Waals surface area contributed by atoms with Crippen molar-refractivity contribution in [2.45, 2.75) is 38.3 Å². The number of rotatable bonds is 3. The molecule has 2 aromatic carbocycles. The van der Waals surface area contributed by atoms with E-state index in [0.29, 0.717) is 18.8 Å². The second kappa shape index (κ2) is 7.69. The lowest BCUT2D eigenvalue weighted by Gasteiger charge is -2.31. The van der Waals surface area contributed by atoms with Gasteiger partial charge in [-0.1, -0.05) is 72.3 Å². The summed E-state index contributed by atoms with van der Waals surface area (Å²) in [5.41, 5.74) is 3.50. The minimum absolute atomic E-state index is 0.0390. The first kappa shape index (κ1) is 19.9. The third kappa shape index (κ3) is 3.26. The number of amides is 2. The molecule has 7 heteroatoms. The van der Waals surface area contributed by atoms with E-state index in [9.17, 15) is 9.59 Å². The molecule has 0 radical (unpaired) electrons. The van der Waals surface area contributed by atoms with Crippen LogP contribution in [0.5, 0.6) is 0 Å². The summed E-state index contributed by atoms with van der Waals surface area (Å²) in [6.07, 6.45) is 5.95. The van der Waals surface area contributed by atoms with Crippen LogP contribution in [-0.2, 0) is 9.59 Å². The predicted molar refractivity (Wildman–Crippen MR) is 125 cm³/mol. The van der Waals surface area contributed by atoms with E-state index in [4.69, 9.17) is 5.10 Å². The average Bonchev–Trinajstić information content (AvgIpc) is 3.38. The van der Waals surface area contributed by atoms with Crippen LogP contribution >= 0.6 is 0 Å². The number of nitrogens with zero attached hydrogens (tertiary/aromatic N) is 4. The quantitative estimate of drug-likeness (QED) is 0.489. The predicted octanol–water partition coefficient (Wildman–Crippen LogP) is 4.19. The molecule has 0 spiro atoms. The average molecular weight is 440 g/mol. The van der Waals surface area contributed by atoms with Crippen LogP contribution in [0.4, 0.5) is 11.9 Å². The minimum atomic E-state index is -0.304. The Kier molecular flexibility index (Phi) is 4.64. The zero-order valence-corrected chi connectivity index (χ0v) is 18.4. The first-order valence-electron chi connectivity index (χ1n) is 11.5. The van der Waals surface area contributed by atoms with Gasteiger partial charge < -0.3 is 5.32 Å². The number of nitrogens with one attached hydrogen (secondary N) is 1. The number of carbonyl (C=O) groups is 2. The summed E-state index contributed by atoms with van der Waals surface area (Å²) in [5, 5.41) is 8.19. The second-order valence-corrected chi connectivity index (χ2v) is 9.12. The Morgan fingerprint density at radius 2 is 1.55 bits per heavy atom. The molecule has 3 aromatic rings. The van der Waals surface area contributed by atoms with E-state index in [1.54, 1.807) is 0 Å². The third-order valence-electron chi connectivity index (χ3n) is 7.05. The number of carbonyl (C=O) groups excluding carboxylic acids is 2. The van der Waals surface area contributed by atoms with Crippen molar-refractivity contribution >= 4 is 23.7 Å². The number of imide groups is 1. The molecule has 0 saturated carbocycles. The summed E-state index contributed by atoms with van der Waals surface area (Å²) in [6, 6.07) is 18.6. The number of fused-ring (bicyclic) bond motifs is 2. The van der Waals surface area contributed by atoms with Crippen molar-refractivity contribution in [2.75, 3.05) is 10.2 Å². The molecule has 4 atom stereocenters. The smallest absolute Gasteiger partial charge is 0.260 e. The summed E-state index contributed by atoms with van der Waals surface area (Å²) in [6.45, 7) is 2.07. The molecule has 6 rings (SSSR count). The Morgan fingerprint density at radius 1 is 0.879 bits per heavy atom. The van der Waals surface area contributed by atoms with E-state index in [0.717, 1.165) is 12.0 Å². The Hall–Kier alpha value is -3.74. The number of aromatic nitrogens is 3. The fourth-order valence-electron chi connectivity index (χ4n) is 5.23. The van der Waals surface area contributed by atoms with Gasteiger partial charge in [0, 0.05) is 0 Å². The van der Waals surface area contributed by atoms with Crippen molar-refractivity contribution in [3.05, 3.63) is 83.4 Å². The highest BCUT2D eigenvalue weighted by Gasteiger charge is 2.49. The zero-order chi connectivity index (χ0) is 22.5. The van der Waals surface area contributed by atoms with Crippen LogP contribution in [0.1, 0.15) is 48.0 Å². The third-order valence-corrected chi connectivity index (χ3v) is 7.05. The normalized spacial score (nSPS) is 26.2. The maximum atomic E-state index is 13.1. The Labute approximate surface area is 192 Å². The van der Waals surface area contributed by atoms with Crippen molar-refractivity contribution in [1.82, 2.24) is 14.8 Å². The molecule has 0 unspecified atom stereocenters. The molecule has 3 heterocycles. The van der Waals surface area contributed by atoms with Crippen LogP contribution < -0.4 is 10.2 Å². The van der Waals surface area contributed by atoms with Gasteiger partial charge in [0.15, 0.2) is 0 Å². The van der Waals surface area contributed by atoms with E-state index in [-0.39, 0.29) is 41.7 Å². The van der Waals surface area contributed by atoms with E-state index >= 15 is 0 Å². The minimum Gasteiger partial charge on any atom is -0.347 e. The highest BCUT2D eigenvalue weighted by Crippen LogP contribution is 2.41. The van der Waals surface area contributed by atoms with Gasteiger partial charge in [0.05, 0.1) is 23.9 Å². The standard InChI is InChI=1S/C26H25N5O2/c1-16-11-13-17(14-12-16)21-15-22(18-7-3-2-4-8-18)31-25(27-21)28-26(29-31)30-23(32)19-9-5-6-10-20(19)24(30)33/h2-8,11-14,19-22H,9-10,15H2,1H3,(H,27,28,29)/t19-,20-,21-,22+/m0/s1. The maximum Gasteiger partial charge on any atom is 0.260 e. The lowest BCUT2D eigenvalue weighted by atomic mass is 9.85. The summed E-state index contributed by atoms with van der Waals surface area (Å²) in [7, 11) is 0. The molecule has 2 aliphatic heterocycles. The van der Waals surface area contributed by atoms with Crippen LogP contribution in [-0.4, -0.2) is 26.6 Å². The first-order valence-corrected chi connectivity index (χ1v) is 11.5. The molecular formula is C26H25N5O2. The molecule has 7 nitrogen and oxygen atoms in total. The van der Waals surface area contributed by atoms with Gasteiger partial charge in [-0.05, 0) is 37.3 Å². The van der Waals surface area contributed by atoms with Gasteiger partial charge >= 0.3 is 0 Å². The van der Waals surface area contributed by atoms with E-state index in [1.165, 1.54) is 16.0 Å². The molecule has 1 aromatic heterocycles. The number of aryl methyl sites for hydroxylation is 1. The molecule has 1 aliphatic carbocycles. The summed E-state index contributed by atoms with van der Waals surface area (Å²) < 4.78 is 1.83. The largest absolute Gasteiger partial charge is 0.347 e. The molecule has 2 amide bonds. The number of benzene rings is 2. The van der Waals surface area contributed by atoms with Gasteiger partial charge in [0.1, 0.15) is 0 Å². The molecule has 1 N–H and O–H groups in total. The highest BCUT2D eigenvalue weighted by atomic mass is 16.2. The van der Waals surface area contributed by atoms with Crippen molar-refractivity contribution in [3.63, 3.8) is 0 Å². The fraction of sp³-hybridized carbons (Fsp3) is 0.308. The molecule has 166 valence electrons. The molecule has 3 aliphatic rings. The van der Waals surface area contributed by atoms with E-state index in [2.05, 4.69) is 53.6 Å². The summed E-state index contributed by atoms with van der Waals surface area (Å²) in [5.74, 6) is -0.244. The van der Waals surface area contributed by atoms with Gasteiger partial charge in [-0.2, -0.15) is 4.98 Å². The van der Waals surface area contributed by atoms with Crippen LogP contribution in [0, 0.1) is 18.8 Å². The zero-order valence-electron chi connectivity index (χ0n) is 18.4. The van der Waals surface area contributed by atoms with Gasteiger partial charge in [0.2, 0.25) is 17.8 Å². The SMILES string of the molecule is Cc1ccc([C@@H]2C[C@H](c3ccccc3)n3nc(N4C(=O)[C@H]5CC=CC[C@@H]5C4=O)nc3N2)cc1. The van der Waals surface area contributed by atoms with Crippen LogP contribution in [0.25, 0.3) is 0 Å². The molecular weight excluding hydrogens is 414 g/mol. The molecule has 1 fully saturated rings. The monoisotopic (exact) mass is 439 g/mol. The fourth-order valence-corrected chi connectivity index (χ4v) is 5.23. The van der Waals surface area contributed by atoms with Crippen molar-refractivity contribution in [2.24, 2.45) is 11.8 Å². The van der Waals surface area contributed by atoms with Crippen LogP contribution in [0.15, 0.2) is 66.7 Å². The van der Waals surface area contributed by atoms with Crippen LogP contribution in [0.2, 0.25) is 0 Å². The van der Waals surface area contributed by atoms with Crippen LogP contribution in [0.3, 0.4) is 0 Å². The van der Waals surface area contributed by atoms with Gasteiger partial charge in [-0.3, -0.25) is 9.59 Å². The van der Waals surface area contributed by atoms with Crippen molar-refractivity contribution in [1.29, 1.82) is 0 Å². The number of anilines is 2. The topological polar surface area (TPSA) is 80.1 Å². The maximum absolute atomic E-state index is 13.1. The number of hydrogen-bond donors (Lipinski definition) is 1. The molecule has 0 bridgehead atoms. The van der Waals surface area contributed by atoms with Crippen molar-refractivity contribution < 1.29 is 9.59 Å². The Morgan fingerprint density at radius 3 is 2.21 bits per heavy atom. The van der Waals surface area contributed by atoms with E-state index in [1.807, 2.05) is 35.0 Å². The Balaban J connectivity index is 1.40. The summed E-state index contributed by atoms with van der Waals surface area (Å²) in [4.78, 5) is 32.1. The van der Waals surface area contributed by atoms with E-state index < -0.39 is 0 Å². The van der Waals surface area contributed by atoms with Crippen molar-refractivity contribution in [3.8, 4) is 0 Å². The Bertz CT molecular complexity index is 1220. The lowest BCUT2D eigenvalue weighted by molar-refractivity contribution is -0.122. The van der Waals surface area contributed by atoms with Gasteiger partial charge in [-0.15, -0.1) is 5.10 Å². The number of allylic oxidation sites excluding steroid dienone is 2. The second-order valence-electron chi connectivity index (χ2n) is 9.12. The molecule has 1 saturated heterocycles. The first-order chi connectivity index (χ1) is 16.1. The molecule has 33 heavy (non-hydrogen) atoms. The summed E-state index contributed by atoms with van der Waals surface area (Å²) >= 11 is 0.